The number of carbonyl (C=O) groups excluding carboxylic acids is 2. The van der Waals surface area contributed by atoms with Crippen molar-refractivity contribution in [2.75, 3.05) is 7.11 Å². The van der Waals surface area contributed by atoms with Gasteiger partial charge in [0.1, 0.15) is 0 Å². The first-order valence-corrected chi connectivity index (χ1v) is 5.62. The number of hydrogen-bond acceptors (Lipinski definition) is 4. The molecule has 0 saturated heterocycles. The fraction of sp³-hybridized carbons (Fsp3) is 0.833. The molecular weight excluding hydrogens is 222 g/mol. The Balaban J connectivity index is 0. The molecule has 0 saturated carbocycles. The van der Waals surface area contributed by atoms with Gasteiger partial charge in [0.15, 0.2) is 0 Å². The summed E-state index contributed by atoms with van der Waals surface area (Å²) in [4.78, 5) is 21.2. The Hall–Kier alpha value is -1.10. The Morgan fingerprint density at radius 2 is 1.65 bits per heavy atom. The molecule has 0 radical (unpaired) electrons. The van der Waals surface area contributed by atoms with E-state index in [9.17, 15) is 14.7 Å². The topological polar surface area (TPSA) is 94.1 Å². The van der Waals surface area contributed by atoms with Gasteiger partial charge in [-0.05, 0) is 26.7 Å². The van der Waals surface area contributed by atoms with Crippen molar-refractivity contribution in [1.29, 1.82) is 0 Å². The molecule has 0 aliphatic heterocycles. The number of methoxy groups -OCH3 is 1. The third-order valence-corrected chi connectivity index (χ3v) is 1.70. The molecule has 0 aliphatic carbocycles. The van der Waals surface area contributed by atoms with Crippen molar-refractivity contribution >= 4 is 11.9 Å². The highest BCUT2D eigenvalue weighted by Crippen LogP contribution is 2.15. The molecule has 5 heteroatoms. The van der Waals surface area contributed by atoms with E-state index in [0.29, 0.717) is 0 Å². The normalized spacial score (nSPS) is 12.5. The van der Waals surface area contributed by atoms with Crippen LogP contribution in [0.15, 0.2) is 0 Å². The van der Waals surface area contributed by atoms with Crippen LogP contribution in [0.25, 0.3) is 0 Å². The van der Waals surface area contributed by atoms with Gasteiger partial charge in [0, 0.05) is 12.4 Å². The van der Waals surface area contributed by atoms with Crippen molar-refractivity contribution in [2.24, 2.45) is 11.8 Å². The molecule has 5 nitrogen and oxygen atoms in total. The van der Waals surface area contributed by atoms with Crippen molar-refractivity contribution in [2.45, 2.75) is 46.6 Å². The maximum absolute atomic E-state index is 11.0. The molecule has 102 valence electrons. The number of hydrogen-bond donors (Lipinski definition) is 1. The molecule has 0 aromatic rings. The summed E-state index contributed by atoms with van der Waals surface area (Å²) in [5.74, 6) is -2.36. The van der Waals surface area contributed by atoms with Crippen molar-refractivity contribution in [3.8, 4) is 0 Å². The van der Waals surface area contributed by atoms with E-state index in [1.807, 2.05) is 0 Å². The monoisotopic (exact) mass is 247 g/mol. The van der Waals surface area contributed by atoms with E-state index in [2.05, 4.69) is 31.2 Å². The van der Waals surface area contributed by atoms with E-state index in [1.54, 1.807) is 13.8 Å². The summed E-state index contributed by atoms with van der Waals surface area (Å²) in [5, 5.41) is 10.2. The Morgan fingerprint density at radius 1 is 1.29 bits per heavy atom. The van der Waals surface area contributed by atoms with Crippen LogP contribution in [-0.2, 0) is 14.3 Å². The average molecular weight is 247 g/mol. The van der Waals surface area contributed by atoms with Gasteiger partial charge in [-0.15, -0.1) is 0 Å². The lowest BCUT2D eigenvalue weighted by Gasteiger charge is -2.18. The zero-order chi connectivity index (χ0) is 14.2. The highest BCUT2D eigenvalue weighted by molar-refractivity contribution is 5.78. The number of rotatable bonds is 4. The summed E-state index contributed by atoms with van der Waals surface area (Å²) in [6, 6.07) is 0. The standard InChI is InChI=1S/C8H14O4.C4H11N/c1-5(2)6(4-7(9)10)8(11)12-3;1-4(2,3)5/h5-6H,4H2,1-3H3,(H,9,10);5H2,1-3H3/t6-;/m0./s1. The number of ether oxygens (including phenoxy) is 1. The fourth-order valence-electron chi connectivity index (χ4n) is 0.922. The van der Waals surface area contributed by atoms with E-state index < -0.39 is 17.9 Å². The van der Waals surface area contributed by atoms with Crippen molar-refractivity contribution in [3.05, 3.63) is 0 Å². The molecule has 0 aromatic heterocycles. The lowest BCUT2D eigenvalue weighted by molar-refractivity contribution is -0.458. The van der Waals surface area contributed by atoms with Crippen molar-refractivity contribution in [1.82, 2.24) is 0 Å². The second-order valence-electron chi connectivity index (χ2n) is 5.51. The number of carboxylic acid groups (broad SMARTS) is 1. The Kier molecular flexibility index (Phi) is 8.66. The summed E-state index contributed by atoms with van der Waals surface area (Å²) < 4.78 is 4.44. The van der Waals surface area contributed by atoms with Crippen LogP contribution in [-0.4, -0.2) is 24.6 Å². The van der Waals surface area contributed by atoms with Gasteiger partial charge in [-0.25, -0.2) is 0 Å². The van der Waals surface area contributed by atoms with Gasteiger partial charge in [-0.3, -0.25) is 4.79 Å². The molecule has 0 spiro atoms. The lowest BCUT2D eigenvalue weighted by Crippen LogP contribution is -2.67. The molecule has 0 unspecified atom stereocenters. The molecule has 0 amide bonds. The van der Waals surface area contributed by atoms with Gasteiger partial charge in [0.2, 0.25) is 0 Å². The van der Waals surface area contributed by atoms with Gasteiger partial charge >= 0.3 is 5.97 Å². The van der Waals surface area contributed by atoms with Crippen LogP contribution >= 0.6 is 0 Å². The Labute approximate surface area is 103 Å². The molecule has 0 bridgehead atoms. The second kappa shape index (κ2) is 8.06. The first kappa shape index (κ1) is 18.3. The van der Waals surface area contributed by atoms with E-state index >= 15 is 0 Å². The highest BCUT2D eigenvalue weighted by atomic mass is 16.5. The minimum atomic E-state index is -1.22. The highest BCUT2D eigenvalue weighted by Gasteiger charge is 2.22. The van der Waals surface area contributed by atoms with Gasteiger partial charge in [0.25, 0.3) is 0 Å². The first-order valence-electron chi connectivity index (χ1n) is 5.62. The minimum Gasteiger partial charge on any atom is -0.550 e. The maximum Gasteiger partial charge on any atom is 0.309 e. The van der Waals surface area contributed by atoms with Gasteiger partial charge < -0.3 is 20.4 Å². The summed E-state index contributed by atoms with van der Waals surface area (Å²) in [7, 11) is 1.24. The lowest BCUT2D eigenvalue weighted by atomic mass is 9.93. The maximum atomic E-state index is 11.0. The van der Waals surface area contributed by atoms with Crippen LogP contribution in [0, 0.1) is 11.8 Å². The predicted molar refractivity (Wildman–Crippen MR) is 62.6 cm³/mol. The van der Waals surface area contributed by atoms with Crippen molar-refractivity contribution < 1.29 is 25.2 Å². The van der Waals surface area contributed by atoms with E-state index in [-0.39, 0.29) is 17.9 Å². The van der Waals surface area contributed by atoms with Crippen LogP contribution in [0.4, 0.5) is 0 Å². The van der Waals surface area contributed by atoms with Gasteiger partial charge in [-0.2, -0.15) is 0 Å². The number of quaternary nitrogens is 1. The third-order valence-electron chi connectivity index (χ3n) is 1.70. The molecular formula is C12H25NO4. The van der Waals surface area contributed by atoms with Crippen LogP contribution in [0.5, 0.6) is 0 Å². The smallest absolute Gasteiger partial charge is 0.309 e. The zero-order valence-electron chi connectivity index (χ0n) is 11.7. The van der Waals surface area contributed by atoms with E-state index in [4.69, 9.17) is 0 Å². The van der Waals surface area contributed by atoms with Crippen LogP contribution < -0.4 is 10.8 Å². The quantitative estimate of drug-likeness (QED) is 0.684. The van der Waals surface area contributed by atoms with Gasteiger partial charge in [-0.1, -0.05) is 13.8 Å². The van der Waals surface area contributed by atoms with Crippen LogP contribution in [0.1, 0.15) is 41.0 Å². The number of aliphatic carboxylic acids is 1. The molecule has 17 heavy (non-hydrogen) atoms. The SMILES string of the molecule is CC(C)(C)[NH3+].COC(=O)[C@@H](CC(=O)[O-])C(C)C. The van der Waals surface area contributed by atoms with E-state index in [0.717, 1.165) is 0 Å². The second-order valence-corrected chi connectivity index (χ2v) is 5.51. The van der Waals surface area contributed by atoms with E-state index in [1.165, 1.54) is 7.11 Å². The average Bonchev–Trinajstić information content (AvgIpc) is 2.09. The summed E-state index contributed by atoms with van der Waals surface area (Å²) in [6.45, 7) is 9.77. The van der Waals surface area contributed by atoms with Crippen molar-refractivity contribution in [3.63, 3.8) is 0 Å². The van der Waals surface area contributed by atoms with Crippen LogP contribution in [0.2, 0.25) is 0 Å². The van der Waals surface area contributed by atoms with Crippen LogP contribution in [0.3, 0.4) is 0 Å². The fourth-order valence-corrected chi connectivity index (χ4v) is 0.922. The zero-order valence-corrected chi connectivity index (χ0v) is 11.7. The third kappa shape index (κ3) is 14.9. The molecule has 0 fully saturated rings. The molecule has 0 rings (SSSR count). The molecule has 0 heterocycles. The number of esters is 1. The number of carboxylic acids is 1. The molecule has 0 aliphatic rings. The molecule has 0 aromatic carbocycles. The predicted octanol–water partition coefficient (Wildman–Crippen LogP) is -0.402. The number of carbonyl (C=O) groups is 2. The summed E-state index contributed by atoms with van der Waals surface area (Å²) >= 11 is 0. The molecule has 1 atom stereocenters. The Bertz CT molecular complexity index is 237. The largest absolute Gasteiger partial charge is 0.550 e. The molecule has 3 N–H and O–H groups in total. The van der Waals surface area contributed by atoms with Gasteiger partial charge in [0.05, 0.1) is 18.6 Å². The summed E-state index contributed by atoms with van der Waals surface area (Å²) in [5.41, 5.74) is 4.02. The Morgan fingerprint density at radius 3 is 1.82 bits per heavy atom. The minimum absolute atomic E-state index is 0.0460. The summed E-state index contributed by atoms with van der Waals surface area (Å²) in [6.07, 6.45) is -0.273. The first-order chi connectivity index (χ1) is 7.49.